The Labute approximate surface area is 147 Å². The lowest BCUT2D eigenvalue weighted by Gasteiger charge is -2.40. The predicted molar refractivity (Wildman–Crippen MR) is 90.5 cm³/mol. The van der Waals surface area contributed by atoms with Crippen LogP contribution in [-0.4, -0.2) is 57.7 Å². The van der Waals surface area contributed by atoms with Crippen LogP contribution in [0, 0.1) is 11.2 Å². The molecule has 1 aliphatic carbocycles. The molecule has 0 bridgehead atoms. The van der Waals surface area contributed by atoms with Crippen LogP contribution >= 0.6 is 0 Å². The highest BCUT2D eigenvalue weighted by molar-refractivity contribution is 5.86. The van der Waals surface area contributed by atoms with Gasteiger partial charge in [0.15, 0.2) is 5.82 Å². The van der Waals surface area contributed by atoms with Crippen molar-refractivity contribution in [3.8, 4) is 0 Å². The second-order valence-electron chi connectivity index (χ2n) is 7.72. The number of hydrogen-bond acceptors (Lipinski definition) is 5. The van der Waals surface area contributed by atoms with Crippen molar-refractivity contribution in [3.05, 3.63) is 18.2 Å². The zero-order valence-corrected chi connectivity index (χ0v) is 14.4. The molecule has 25 heavy (non-hydrogen) atoms. The molecule has 7 heteroatoms. The van der Waals surface area contributed by atoms with E-state index in [1.54, 1.807) is 0 Å². The van der Waals surface area contributed by atoms with Gasteiger partial charge >= 0.3 is 0 Å². The summed E-state index contributed by atoms with van der Waals surface area (Å²) >= 11 is 0. The normalized spacial score (nSPS) is 33.3. The number of likely N-dealkylation sites (tertiary alicyclic amines) is 1. The van der Waals surface area contributed by atoms with Crippen LogP contribution in [0.15, 0.2) is 12.4 Å². The summed E-state index contributed by atoms with van der Waals surface area (Å²) in [5, 5.41) is 9.71. The molecular weight excluding hydrogens is 323 g/mol. The van der Waals surface area contributed by atoms with Gasteiger partial charge in [-0.3, -0.25) is 4.79 Å². The molecule has 3 aliphatic rings. The third-order valence-electron chi connectivity index (χ3n) is 6.12. The molecule has 1 N–H and O–H groups in total. The Hall–Kier alpha value is -1.76. The van der Waals surface area contributed by atoms with E-state index in [9.17, 15) is 14.3 Å². The Kier molecular flexibility index (Phi) is 4.35. The fourth-order valence-electron chi connectivity index (χ4n) is 4.72. The van der Waals surface area contributed by atoms with Gasteiger partial charge in [-0.25, -0.2) is 14.4 Å². The summed E-state index contributed by atoms with van der Waals surface area (Å²) in [6.45, 7) is 2.22. The molecule has 1 spiro atoms. The molecule has 1 atom stereocenters. The van der Waals surface area contributed by atoms with Crippen LogP contribution in [0.3, 0.4) is 0 Å². The SMILES string of the molecule is O=C1N(C2CCC(O)CC2)CCC12CCCN(c1ncc(F)cn1)C2. The highest BCUT2D eigenvalue weighted by atomic mass is 19.1. The Morgan fingerprint density at radius 1 is 1.12 bits per heavy atom. The van der Waals surface area contributed by atoms with E-state index in [-0.39, 0.29) is 23.5 Å². The number of amides is 1. The monoisotopic (exact) mass is 348 g/mol. The minimum absolute atomic E-state index is 0.205. The first-order chi connectivity index (χ1) is 12.1. The van der Waals surface area contributed by atoms with E-state index in [1.165, 1.54) is 12.4 Å². The number of aromatic nitrogens is 2. The number of aliphatic hydroxyl groups is 1. The maximum Gasteiger partial charge on any atom is 0.230 e. The second kappa shape index (κ2) is 6.52. The molecule has 1 saturated carbocycles. The number of rotatable bonds is 2. The number of carbonyl (C=O) groups is 1. The molecule has 1 amide bonds. The van der Waals surface area contributed by atoms with Crippen LogP contribution < -0.4 is 4.90 Å². The number of nitrogens with zero attached hydrogens (tertiary/aromatic N) is 4. The van der Waals surface area contributed by atoms with Crippen molar-refractivity contribution in [3.63, 3.8) is 0 Å². The molecule has 1 unspecified atom stereocenters. The molecule has 136 valence electrons. The van der Waals surface area contributed by atoms with Crippen molar-refractivity contribution < 1.29 is 14.3 Å². The quantitative estimate of drug-likeness (QED) is 0.882. The van der Waals surface area contributed by atoms with Gasteiger partial charge in [-0.15, -0.1) is 0 Å². The first kappa shape index (κ1) is 16.7. The van der Waals surface area contributed by atoms with Crippen LogP contribution in [0.2, 0.25) is 0 Å². The van der Waals surface area contributed by atoms with E-state index in [4.69, 9.17) is 0 Å². The Morgan fingerprint density at radius 2 is 1.84 bits per heavy atom. The van der Waals surface area contributed by atoms with E-state index in [1.807, 2.05) is 4.90 Å². The van der Waals surface area contributed by atoms with Gasteiger partial charge < -0.3 is 14.9 Å². The van der Waals surface area contributed by atoms with Crippen molar-refractivity contribution in [2.24, 2.45) is 5.41 Å². The van der Waals surface area contributed by atoms with E-state index in [2.05, 4.69) is 14.9 Å². The van der Waals surface area contributed by atoms with Gasteiger partial charge in [0.1, 0.15) is 0 Å². The third-order valence-corrected chi connectivity index (χ3v) is 6.12. The van der Waals surface area contributed by atoms with Crippen LogP contribution in [0.5, 0.6) is 0 Å². The van der Waals surface area contributed by atoms with Gasteiger partial charge in [-0.2, -0.15) is 0 Å². The fourth-order valence-corrected chi connectivity index (χ4v) is 4.72. The molecule has 2 saturated heterocycles. The number of halogens is 1. The molecule has 2 aliphatic heterocycles. The fraction of sp³-hybridized carbons (Fsp3) is 0.722. The van der Waals surface area contributed by atoms with Gasteiger partial charge in [0, 0.05) is 25.7 Å². The van der Waals surface area contributed by atoms with Crippen molar-refractivity contribution in [2.75, 3.05) is 24.5 Å². The molecule has 1 aromatic heterocycles. The van der Waals surface area contributed by atoms with Gasteiger partial charge in [0.2, 0.25) is 11.9 Å². The summed E-state index contributed by atoms with van der Waals surface area (Å²) in [5.74, 6) is 0.311. The first-order valence-corrected chi connectivity index (χ1v) is 9.29. The number of carbonyl (C=O) groups excluding carboxylic acids is 1. The smallest absolute Gasteiger partial charge is 0.230 e. The summed E-state index contributed by atoms with van der Waals surface area (Å²) in [6, 6.07) is 0.271. The number of anilines is 1. The standard InChI is InChI=1S/C18H25FN4O2/c19-13-10-20-17(21-11-13)22-8-1-6-18(12-22)7-9-23(16(18)25)14-2-4-15(24)5-3-14/h10-11,14-15,24H,1-9,12H2. The zero-order valence-electron chi connectivity index (χ0n) is 14.4. The second-order valence-corrected chi connectivity index (χ2v) is 7.72. The van der Waals surface area contributed by atoms with Crippen molar-refractivity contribution in [2.45, 2.75) is 57.1 Å². The summed E-state index contributed by atoms with van der Waals surface area (Å²) in [5.41, 5.74) is -0.355. The predicted octanol–water partition coefficient (Wildman–Crippen LogP) is 1.74. The Bertz CT molecular complexity index is 632. The summed E-state index contributed by atoms with van der Waals surface area (Å²) in [4.78, 5) is 25.5. The van der Waals surface area contributed by atoms with Crippen LogP contribution in [0.1, 0.15) is 44.9 Å². The Balaban J connectivity index is 1.48. The van der Waals surface area contributed by atoms with Crippen molar-refractivity contribution in [1.29, 1.82) is 0 Å². The van der Waals surface area contributed by atoms with Crippen molar-refractivity contribution >= 4 is 11.9 Å². The largest absolute Gasteiger partial charge is 0.393 e. The van der Waals surface area contributed by atoms with E-state index >= 15 is 0 Å². The summed E-state index contributed by atoms with van der Waals surface area (Å²) in [6.07, 6.45) is 8.21. The number of piperidine rings is 1. The van der Waals surface area contributed by atoms with Crippen molar-refractivity contribution in [1.82, 2.24) is 14.9 Å². The van der Waals surface area contributed by atoms with Gasteiger partial charge in [0.05, 0.1) is 23.9 Å². The highest BCUT2D eigenvalue weighted by Crippen LogP contribution is 2.43. The third kappa shape index (κ3) is 3.10. The zero-order chi connectivity index (χ0) is 17.4. The summed E-state index contributed by atoms with van der Waals surface area (Å²) in [7, 11) is 0. The lowest BCUT2D eigenvalue weighted by Crippen LogP contribution is -2.50. The minimum atomic E-state index is -0.446. The van der Waals surface area contributed by atoms with E-state index in [0.29, 0.717) is 12.5 Å². The molecule has 0 radical (unpaired) electrons. The molecule has 4 rings (SSSR count). The lowest BCUT2D eigenvalue weighted by molar-refractivity contribution is -0.139. The van der Waals surface area contributed by atoms with Crippen LogP contribution in [0.25, 0.3) is 0 Å². The van der Waals surface area contributed by atoms with Crippen LogP contribution in [0.4, 0.5) is 10.3 Å². The topological polar surface area (TPSA) is 69.6 Å². The molecule has 1 aromatic rings. The van der Waals surface area contributed by atoms with Gasteiger partial charge in [0.25, 0.3) is 0 Å². The molecular formula is C18H25FN4O2. The molecule has 6 nitrogen and oxygen atoms in total. The van der Waals surface area contributed by atoms with Gasteiger partial charge in [-0.1, -0.05) is 0 Å². The van der Waals surface area contributed by atoms with Crippen LogP contribution in [-0.2, 0) is 4.79 Å². The number of aliphatic hydroxyl groups excluding tert-OH is 1. The first-order valence-electron chi connectivity index (χ1n) is 9.29. The summed E-state index contributed by atoms with van der Waals surface area (Å²) < 4.78 is 13.1. The average molecular weight is 348 g/mol. The highest BCUT2D eigenvalue weighted by Gasteiger charge is 2.50. The minimum Gasteiger partial charge on any atom is -0.393 e. The lowest BCUT2D eigenvalue weighted by atomic mass is 9.78. The maximum atomic E-state index is 13.2. The average Bonchev–Trinajstić information content (AvgIpc) is 2.93. The molecule has 3 fully saturated rings. The Morgan fingerprint density at radius 3 is 2.56 bits per heavy atom. The molecule has 0 aromatic carbocycles. The molecule has 3 heterocycles. The van der Waals surface area contributed by atoms with Gasteiger partial charge in [-0.05, 0) is 44.9 Å². The van der Waals surface area contributed by atoms with E-state index in [0.717, 1.165) is 58.0 Å². The maximum absolute atomic E-state index is 13.2. The number of hydrogen-bond donors (Lipinski definition) is 1. The van der Waals surface area contributed by atoms with E-state index < -0.39 is 5.82 Å².